The minimum Gasteiger partial charge on any atom is -0.354 e. The van der Waals surface area contributed by atoms with Crippen molar-refractivity contribution in [2.75, 3.05) is 19.6 Å². The molecule has 1 heterocycles. The van der Waals surface area contributed by atoms with Gasteiger partial charge in [0.05, 0.1) is 11.1 Å². The molecule has 5 nitrogen and oxygen atoms in total. The van der Waals surface area contributed by atoms with Gasteiger partial charge in [0.25, 0.3) is 5.91 Å². The monoisotopic (exact) mass is 375 g/mol. The second-order valence-corrected chi connectivity index (χ2v) is 7.23. The number of rotatable bonds is 7. The van der Waals surface area contributed by atoms with Crippen LogP contribution in [-0.4, -0.2) is 36.3 Å². The van der Waals surface area contributed by atoms with Gasteiger partial charge in [0, 0.05) is 41.4 Å². The summed E-state index contributed by atoms with van der Waals surface area (Å²) in [5, 5.41) is 8.34. The van der Waals surface area contributed by atoms with Crippen molar-refractivity contribution in [2.24, 2.45) is 0 Å². The van der Waals surface area contributed by atoms with Crippen molar-refractivity contribution >= 4 is 33.5 Å². The maximum atomic E-state index is 12.7. The van der Waals surface area contributed by atoms with Crippen LogP contribution in [0.5, 0.6) is 0 Å². The first-order valence-corrected chi connectivity index (χ1v) is 9.90. The minimum atomic E-state index is -0.0902. The Balaban J connectivity index is 1.64. The lowest BCUT2D eigenvalue weighted by Gasteiger charge is -2.15. The molecule has 1 aliphatic rings. The molecule has 4 rings (SSSR count). The van der Waals surface area contributed by atoms with Gasteiger partial charge in [-0.25, -0.2) is 0 Å². The van der Waals surface area contributed by atoms with E-state index in [0.29, 0.717) is 18.5 Å². The van der Waals surface area contributed by atoms with Gasteiger partial charge < -0.3 is 15.6 Å². The van der Waals surface area contributed by atoms with Gasteiger partial charge in [-0.3, -0.25) is 9.59 Å². The van der Waals surface area contributed by atoms with Crippen molar-refractivity contribution in [1.82, 2.24) is 15.6 Å². The fourth-order valence-electron chi connectivity index (χ4n) is 4.05. The first-order valence-electron chi connectivity index (χ1n) is 9.90. The van der Waals surface area contributed by atoms with E-state index in [9.17, 15) is 9.59 Å². The summed E-state index contributed by atoms with van der Waals surface area (Å²) in [5.41, 5.74) is 4.40. The molecular weight excluding hydrogens is 350 g/mol. The molecule has 1 aromatic heterocycles. The molecule has 0 bridgehead atoms. The van der Waals surface area contributed by atoms with Gasteiger partial charge in [-0.15, -0.1) is 6.58 Å². The molecule has 0 unspecified atom stereocenters. The van der Waals surface area contributed by atoms with Crippen molar-refractivity contribution in [3.8, 4) is 0 Å². The van der Waals surface area contributed by atoms with E-state index in [2.05, 4.69) is 22.2 Å². The molecule has 0 atom stereocenters. The van der Waals surface area contributed by atoms with E-state index in [1.165, 1.54) is 0 Å². The van der Waals surface area contributed by atoms with Crippen LogP contribution in [0.3, 0.4) is 0 Å². The Morgan fingerprint density at radius 1 is 1.14 bits per heavy atom. The molecule has 0 radical (unpaired) electrons. The maximum Gasteiger partial charge on any atom is 0.253 e. The third-order valence-corrected chi connectivity index (χ3v) is 5.39. The number of fused-ring (bicyclic) bond motifs is 5. The Hall–Kier alpha value is -2.92. The Labute approximate surface area is 164 Å². The molecule has 0 saturated heterocycles. The quantitative estimate of drug-likeness (QED) is 0.435. The Morgan fingerprint density at radius 3 is 2.89 bits per heavy atom. The number of amides is 1. The summed E-state index contributed by atoms with van der Waals surface area (Å²) in [4.78, 5) is 28.4. The maximum absolute atomic E-state index is 12.7. The van der Waals surface area contributed by atoms with Crippen LogP contribution in [-0.2, 0) is 6.42 Å². The van der Waals surface area contributed by atoms with E-state index >= 15 is 0 Å². The van der Waals surface area contributed by atoms with Crippen LogP contribution in [0.25, 0.3) is 21.8 Å². The number of carbonyl (C=O) groups excluding carboxylic acids is 2. The lowest BCUT2D eigenvalue weighted by Crippen LogP contribution is -2.32. The Kier molecular flexibility index (Phi) is 5.26. The number of hydrogen-bond acceptors (Lipinski definition) is 3. The molecular formula is C23H25N3O2. The van der Waals surface area contributed by atoms with E-state index in [1.807, 2.05) is 36.4 Å². The zero-order chi connectivity index (χ0) is 19.5. The number of hydrogen-bond donors (Lipinski definition) is 3. The number of aromatic amines is 1. The molecule has 0 spiro atoms. The summed E-state index contributed by atoms with van der Waals surface area (Å²) in [6, 6.07) is 9.67. The average molecular weight is 375 g/mol. The van der Waals surface area contributed by atoms with Crippen LogP contribution >= 0.6 is 0 Å². The zero-order valence-electron chi connectivity index (χ0n) is 15.9. The second kappa shape index (κ2) is 7.98. The van der Waals surface area contributed by atoms with Crippen LogP contribution in [0, 0.1) is 0 Å². The highest BCUT2D eigenvalue weighted by atomic mass is 16.1. The number of aromatic nitrogens is 1. The van der Waals surface area contributed by atoms with Gasteiger partial charge in [0.2, 0.25) is 0 Å². The van der Waals surface area contributed by atoms with E-state index in [-0.39, 0.29) is 11.7 Å². The minimum absolute atomic E-state index is 0.0902. The molecule has 2 aromatic carbocycles. The van der Waals surface area contributed by atoms with Crippen molar-refractivity contribution in [3.05, 3.63) is 59.7 Å². The largest absolute Gasteiger partial charge is 0.354 e. The van der Waals surface area contributed by atoms with Crippen molar-refractivity contribution in [1.29, 1.82) is 0 Å². The van der Waals surface area contributed by atoms with Crippen LogP contribution in [0.1, 0.15) is 45.5 Å². The third kappa shape index (κ3) is 3.34. The summed E-state index contributed by atoms with van der Waals surface area (Å²) in [5.74, 6) is 0.128. The molecule has 144 valence electrons. The van der Waals surface area contributed by atoms with E-state index in [4.69, 9.17) is 0 Å². The predicted molar refractivity (Wildman–Crippen MR) is 113 cm³/mol. The summed E-state index contributed by atoms with van der Waals surface area (Å²) in [6.07, 6.45) is 5.19. The van der Waals surface area contributed by atoms with Crippen LogP contribution in [0.4, 0.5) is 0 Å². The number of nitrogens with one attached hydrogen (secondary N) is 3. The Morgan fingerprint density at radius 2 is 2.04 bits per heavy atom. The molecule has 0 aliphatic heterocycles. The highest BCUT2D eigenvalue weighted by molar-refractivity contribution is 6.18. The van der Waals surface area contributed by atoms with Crippen LogP contribution in [0.2, 0.25) is 0 Å². The first-order chi connectivity index (χ1) is 13.7. The predicted octanol–water partition coefficient (Wildman–Crippen LogP) is 3.74. The summed E-state index contributed by atoms with van der Waals surface area (Å²) < 4.78 is 0. The highest BCUT2D eigenvalue weighted by Crippen LogP contribution is 2.35. The number of benzene rings is 2. The fourth-order valence-corrected chi connectivity index (χ4v) is 4.05. The number of Topliss-reactive ketones (excluding diaryl/α,β-unsaturated/α-hetero) is 1. The smallest absolute Gasteiger partial charge is 0.253 e. The van der Waals surface area contributed by atoms with Crippen LogP contribution in [0.15, 0.2) is 43.0 Å². The van der Waals surface area contributed by atoms with Crippen molar-refractivity contribution in [3.63, 3.8) is 0 Å². The number of para-hydroxylation sites is 1. The molecule has 1 aliphatic carbocycles. The average Bonchev–Trinajstić information content (AvgIpc) is 3.10. The molecule has 3 N–H and O–H groups in total. The van der Waals surface area contributed by atoms with Gasteiger partial charge in [0.15, 0.2) is 5.78 Å². The fraction of sp³-hybridized carbons (Fsp3) is 0.304. The lowest BCUT2D eigenvalue weighted by molar-refractivity contribution is 0.0952. The molecule has 3 aromatic rings. The van der Waals surface area contributed by atoms with Gasteiger partial charge in [-0.1, -0.05) is 18.2 Å². The normalized spacial score (nSPS) is 13.6. The number of H-pyrrole nitrogens is 1. The number of aryl methyl sites for hydroxylation is 1. The molecule has 5 heteroatoms. The molecule has 1 amide bonds. The zero-order valence-corrected chi connectivity index (χ0v) is 15.9. The van der Waals surface area contributed by atoms with Crippen LogP contribution < -0.4 is 10.6 Å². The summed E-state index contributed by atoms with van der Waals surface area (Å²) in [7, 11) is 0. The standard InChI is InChI=1S/C23H25N3O2/c1-2-3-12-24-13-14-25-23(28)18-8-4-7-17-21-16-6-5-9-20(27)15(16)10-11-19(21)26-22(17)18/h2,4,7-8,10-11,24,26H,1,3,5-6,9,12-14H2,(H,25,28). The van der Waals surface area contributed by atoms with E-state index in [0.717, 1.165) is 65.3 Å². The molecule has 0 saturated carbocycles. The molecule has 28 heavy (non-hydrogen) atoms. The first kappa shape index (κ1) is 18.4. The summed E-state index contributed by atoms with van der Waals surface area (Å²) >= 11 is 0. The lowest BCUT2D eigenvalue weighted by atomic mass is 9.87. The third-order valence-electron chi connectivity index (χ3n) is 5.39. The number of ketones is 1. The van der Waals surface area contributed by atoms with Gasteiger partial charge in [0.1, 0.15) is 0 Å². The topological polar surface area (TPSA) is 74.0 Å². The van der Waals surface area contributed by atoms with Gasteiger partial charge >= 0.3 is 0 Å². The van der Waals surface area contributed by atoms with Crippen molar-refractivity contribution in [2.45, 2.75) is 25.7 Å². The van der Waals surface area contributed by atoms with E-state index in [1.54, 1.807) is 0 Å². The SMILES string of the molecule is C=CCCNCCNC(=O)c1cccc2c1[nH]c1ccc3c(c12)CCCC3=O. The van der Waals surface area contributed by atoms with Gasteiger partial charge in [-0.05, 0) is 49.6 Å². The number of carbonyl (C=O) groups is 2. The van der Waals surface area contributed by atoms with E-state index < -0.39 is 0 Å². The molecule has 0 fully saturated rings. The van der Waals surface area contributed by atoms with Gasteiger partial charge in [-0.2, -0.15) is 0 Å². The summed E-state index contributed by atoms with van der Waals surface area (Å²) in [6.45, 7) is 5.84. The Bertz CT molecular complexity index is 1060. The second-order valence-electron chi connectivity index (χ2n) is 7.23. The highest BCUT2D eigenvalue weighted by Gasteiger charge is 2.22. The van der Waals surface area contributed by atoms with Crippen molar-refractivity contribution < 1.29 is 9.59 Å².